The lowest BCUT2D eigenvalue weighted by Gasteiger charge is -2.12. The molecule has 0 amide bonds. The third kappa shape index (κ3) is 3.37. The van der Waals surface area contributed by atoms with Crippen molar-refractivity contribution in [1.82, 2.24) is 4.72 Å². The molecule has 1 aromatic carbocycles. The van der Waals surface area contributed by atoms with Gasteiger partial charge in [-0.15, -0.1) is 0 Å². The molecule has 19 heavy (non-hydrogen) atoms. The second kappa shape index (κ2) is 5.64. The maximum absolute atomic E-state index is 13.5. The summed E-state index contributed by atoms with van der Waals surface area (Å²) in [5.41, 5.74) is 5.21. The number of thioether (sulfide) groups is 1. The molecule has 1 aliphatic rings. The number of benzene rings is 1. The van der Waals surface area contributed by atoms with Crippen molar-refractivity contribution in [2.24, 2.45) is 5.92 Å². The molecular weight excluding hydrogens is 294 g/mol. The van der Waals surface area contributed by atoms with Gasteiger partial charge in [0.05, 0.1) is 0 Å². The van der Waals surface area contributed by atoms with Crippen molar-refractivity contribution in [1.29, 1.82) is 0 Å². The highest BCUT2D eigenvalue weighted by molar-refractivity contribution is 7.99. The molecule has 0 aromatic heterocycles. The van der Waals surface area contributed by atoms with E-state index in [4.69, 9.17) is 5.73 Å². The van der Waals surface area contributed by atoms with Crippen molar-refractivity contribution in [3.05, 3.63) is 23.8 Å². The Hall–Kier alpha value is -0.860. The molecule has 0 aliphatic carbocycles. The predicted octanol–water partition coefficient (Wildman–Crippen LogP) is 1.58. The zero-order valence-electron chi connectivity index (χ0n) is 10.0. The standard InChI is InChI=1S/C11H14F2N2O2S2/c12-9-3-8(14)4-10(11(9)13)19(16,17)15-5-7-1-2-18-6-7/h3-4,7,15H,1-2,5-6,14H2. The summed E-state index contributed by atoms with van der Waals surface area (Å²) in [6.07, 6.45) is 0.918. The second-order valence-electron chi connectivity index (χ2n) is 4.40. The maximum atomic E-state index is 13.5. The SMILES string of the molecule is Nc1cc(F)c(F)c(S(=O)(=O)NCC2CCSC2)c1. The largest absolute Gasteiger partial charge is 0.399 e. The molecule has 0 radical (unpaired) electrons. The Morgan fingerprint density at radius 2 is 2.16 bits per heavy atom. The van der Waals surface area contributed by atoms with Gasteiger partial charge >= 0.3 is 0 Å². The first-order valence-electron chi connectivity index (χ1n) is 5.72. The van der Waals surface area contributed by atoms with E-state index in [2.05, 4.69) is 4.72 Å². The zero-order chi connectivity index (χ0) is 14.0. The number of nitrogen functional groups attached to an aromatic ring is 1. The molecule has 1 saturated heterocycles. The molecule has 8 heteroatoms. The van der Waals surface area contributed by atoms with Crippen LogP contribution >= 0.6 is 11.8 Å². The van der Waals surface area contributed by atoms with Crippen LogP contribution in [0.1, 0.15) is 6.42 Å². The van der Waals surface area contributed by atoms with E-state index in [1.807, 2.05) is 0 Å². The average Bonchev–Trinajstić information content (AvgIpc) is 2.84. The van der Waals surface area contributed by atoms with Crippen molar-refractivity contribution < 1.29 is 17.2 Å². The van der Waals surface area contributed by atoms with E-state index in [-0.39, 0.29) is 18.2 Å². The summed E-state index contributed by atoms with van der Waals surface area (Å²) in [7, 11) is -4.08. The van der Waals surface area contributed by atoms with Crippen molar-refractivity contribution in [3.63, 3.8) is 0 Å². The Bertz CT molecular complexity index is 572. The second-order valence-corrected chi connectivity index (χ2v) is 7.28. The molecule has 1 heterocycles. The molecule has 3 N–H and O–H groups in total. The third-order valence-electron chi connectivity index (χ3n) is 2.89. The molecule has 106 valence electrons. The molecule has 2 rings (SSSR count). The van der Waals surface area contributed by atoms with Gasteiger partial charge < -0.3 is 5.73 Å². The summed E-state index contributed by atoms with van der Waals surface area (Å²) in [4.78, 5) is -0.740. The Morgan fingerprint density at radius 1 is 1.42 bits per heavy atom. The van der Waals surface area contributed by atoms with Crippen LogP contribution in [0.4, 0.5) is 14.5 Å². The molecule has 0 saturated carbocycles. The van der Waals surface area contributed by atoms with Crippen LogP contribution in [0.3, 0.4) is 0 Å². The Balaban J connectivity index is 2.19. The molecule has 0 spiro atoms. The highest BCUT2D eigenvalue weighted by Gasteiger charge is 2.24. The van der Waals surface area contributed by atoms with Crippen LogP contribution in [0.2, 0.25) is 0 Å². The quantitative estimate of drug-likeness (QED) is 0.828. The van der Waals surface area contributed by atoms with Gasteiger partial charge in [-0.3, -0.25) is 0 Å². The summed E-state index contributed by atoms with van der Waals surface area (Å²) >= 11 is 1.75. The van der Waals surface area contributed by atoms with Gasteiger partial charge in [0, 0.05) is 12.2 Å². The molecule has 0 bridgehead atoms. The smallest absolute Gasteiger partial charge is 0.243 e. The molecule has 1 aliphatic heterocycles. The topological polar surface area (TPSA) is 72.2 Å². The third-order valence-corrected chi connectivity index (χ3v) is 5.55. The number of hydrogen-bond donors (Lipinski definition) is 2. The van der Waals surface area contributed by atoms with E-state index in [1.54, 1.807) is 11.8 Å². The van der Waals surface area contributed by atoms with E-state index in [1.165, 1.54) is 0 Å². The number of nitrogens with two attached hydrogens (primary N) is 1. The molecule has 1 fully saturated rings. The molecule has 1 atom stereocenters. The van der Waals surface area contributed by atoms with Crippen LogP contribution in [0, 0.1) is 17.6 Å². The number of rotatable bonds is 4. The van der Waals surface area contributed by atoms with Crippen LogP contribution < -0.4 is 10.5 Å². The number of hydrogen-bond acceptors (Lipinski definition) is 4. The fraction of sp³-hybridized carbons (Fsp3) is 0.455. The number of sulfonamides is 1. The van der Waals surface area contributed by atoms with Gasteiger partial charge in [-0.25, -0.2) is 21.9 Å². The first-order chi connectivity index (χ1) is 8.90. The lowest BCUT2D eigenvalue weighted by Crippen LogP contribution is -2.30. The maximum Gasteiger partial charge on any atom is 0.243 e. The van der Waals surface area contributed by atoms with Crippen molar-refractivity contribution in [3.8, 4) is 0 Å². The van der Waals surface area contributed by atoms with E-state index in [0.29, 0.717) is 0 Å². The Labute approximate surface area is 114 Å². The fourth-order valence-corrected chi connectivity index (χ4v) is 4.35. The minimum Gasteiger partial charge on any atom is -0.399 e. The summed E-state index contributed by atoms with van der Waals surface area (Å²) in [6.45, 7) is 0.227. The number of anilines is 1. The van der Waals surface area contributed by atoms with Crippen molar-refractivity contribution in [2.75, 3.05) is 23.8 Å². The van der Waals surface area contributed by atoms with E-state index < -0.39 is 26.6 Å². The normalized spacial score (nSPS) is 19.8. The van der Waals surface area contributed by atoms with Gasteiger partial charge in [-0.05, 0) is 36.0 Å². The van der Waals surface area contributed by atoms with E-state index in [0.717, 1.165) is 30.1 Å². The minimum absolute atomic E-state index is 0.129. The van der Waals surface area contributed by atoms with Crippen molar-refractivity contribution >= 4 is 27.5 Å². The predicted molar refractivity (Wildman–Crippen MR) is 71.4 cm³/mol. The summed E-state index contributed by atoms with van der Waals surface area (Å²) in [5.74, 6) is -0.572. The highest BCUT2D eigenvalue weighted by atomic mass is 32.2. The molecule has 1 aromatic rings. The molecule has 4 nitrogen and oxygen atoms in total. The summed E-state index contributed by atoms with van der Waals surface area (Å²) < 4.78 is 52.9. The molecule has 1 unspecified atom stereocenters. The van der Waals surface area contributed by atoms with E-state index >= 15 is 0 Å². The first-order valence-corrected chi connectivity index (χ1v) is 8.36. The van der Waals surface area contributed by atoms with Gasteiger partial charge in [-0.2, -0.15) is 11.8 Å². The lowest BCUT2D eigenvalue weighted by molar-refractivity contribution is 0.481. The summed E-state index contributed by atoms with van der Waals surface area (Å²) in [6, 6.07) is 1.67. The Morgan fingerprint density at radius 3 is 2.79 bits per heavy atom. The summed E-state index contributed by atoms with van der Waals surface area (Å²) in [5, 5.41) is 0. The minimum atomic E-state index is -4.08. The van der Waals surface area contributed by atoms with Crippen LogP contribution in [-0.4, -0.2) is 26.5 Å². The van der Waals surface area contributed by atoms with Crippen LogP contribution in [0.15, 0.2) is 17.0 Å². The van der Waals surface area contributed by atoms with Gasteiger partial charge in [-0.1, -0.05) is 0 Å². The van der Waals surface area contributed by atoms with Crippen LogP contribution in [0.5, 0.6) is 0 Å². The highest BCUT2D eigenvalue weighted by Crippen LogP contribution is 2.24. The van der Waals surface area contributed by atoms with Crippen molar-refractivity contribution in [2.45, 2.75) is 11.3 Å². The van der Waals surface area contributed by atoms with E-state index in [9.17, 15) is 17.2 Å². The van der Waals surface area contributed by atoms with Gasteiger partial charge in [0.2, 0.25) is 10.0 Å². The number of halogens is 2. The van der Waals surface area contributed by atoms with Gasteiger partial charge in [0.15, 0.2) is 11.6 Å². The molecular formula is C11H14F2N2O2S2. The van der Waals surface area contributed by atoms with Crippen LogP contribution in [0.25, 0.3) is 0 Å². The van der Waals surface area contributed by atoms with Crippen LogP contribution in [-0.2, 0) is 10.0 Å². The average molecular weight is 308 g/mol. The first kappa shape index (κ1) is 14.5. The number of nitrogens with one attached hydrogen (secondary N) is 1. The lowest BCUT2D eigenvalue weighted by atomic mass is 10.1. The fourth-order valence-electron chi connectivity index (χ4n) is 1.83. The monoisotopic (exact) mass is 308 g/mol. The van der Waals surface area contributed by atoms with Gasteiger partial charge in [0.25, 0.3) is 0 Å². The zero-order valence-corrected chi connectivity index (χ0v) is 11.7. The van der Waals surface area contributed by atoms with Gasteiger partial charge in [0.1, 0.15) is 4.90 Å². The Kier molecular flexibility index (Phi) is 4.32.